The van der Waals surface area contributed by atoms with Gasteiger partial charge in [-0.05, 0) is 57.4 Å². The van der Waals surface area contributed by atoms with E-state index in [9.17, 15) is 9.59 Å². The number of carbonyl (C=O) groups excluding carboxylic acids is 1. The minimum atomic E-state index is -0.911. The van der Waals surface area contributed by atoms with E-state index in [-0.39, 0.29) is 12.5 Å². The molecule has 5 nitrogen and oxygen atoms in total. The topological polar surface area (TPSA) is 75.6 Å². The summed E-state index contributed by atoms with van der Waals surface area (Å²) >= 11 is 9.43. The van der Waals surface area contributed by atoms with Gasteiger partial charge in [0.25, 0.3) is 0 Å². The first-order valence-corrected chi connectivity index (χ1v) is 8.39. The molecule has 0 saturated heterocycles. The maximum atomic E-state index is 11.9. The fourth-order valence-corrected chi connectivity index (χ4v) is 2.57. The van der Waals surface area contributed by atoms with Gasteiger partial charge in [-0.25, -0.2) is 4.79 Å². The van der Waals surface area contributed by atoms with Gasteiger partial charge in [0.15, 0.2) is 0 Å². The lowest BCUT2D eigenvalue weighted by Gasteiger charge is -2.24. The van der Waals surface area contributed by atoms with E-state index in [1.807, 2.05) is 6.07 Å². The van der Waals surface area contributed by atoms with E-state index in [4.69, 9.17) is 21.4 Å². The van der Waals surface area contributed by atoms with Crippen molar-refractivity contribution in [2.24, 2.45) is 0 Å². The van der Waals surface area contributed by atoms with Crippen LogP contribution in [0.5, 0.6) is 0 Å². The smallest absolute Gasteiger partial charge is 0.407 e. The Labute approximate surface area is 149 Å². The van der Waals surface area contributed by atoms with E-state index in [0.29, 0.717) is 17.9 Å². The first kappa shape index (κ1) is 19.8. The van der Waals surface area contributed by atoms with Crippen molar-refractivity contribution in [3.05, 3.63) is 33.3 Å². The Kier molecular flexibility index (Phi) is 7.35. The van der Waals surface area contributed by atoms with Gasteiger partial charge >= 0.3 is 12.1 Å². The van der Waals surface area contributed by atoms with Crippen LogP contribution in [0, 0.1) is 0 Å². The fourth-order valence-electron chi connectivity index (χ4n) is 1.96. The molecule has 0 spiro atoms. The fraction of sp³-hybridized carbons (Fsp3) is 0.500. The minimum Gasteiger partial charge on any atom is -0.481 e. The summed E-state index contributed by atoms with van der Waals surface area (Å²) in [6, 6.07) is 4.99. The summed E-state index contributed by atoms with van der Waals surface area (Å²) in [4.78, 5) is 22.8. The molecular weight excluding hydrogens is 386 g/mol. The van der Waals surface area contributed by atoms with Crippen LogP contribution in [0.15, 0.2) is 22.7 Å². The SMILES string of the molecule is CC(C)(C)OC(=O)NC(CCC(=O)O)Cc1cc(Cl)ccc1Br. The Morgan fingerprint density at radius 2 is 2.04 bits per heavy atom. The van der Waals surface area contributed by atoms with Crippen molar-refractivity contribution in [2.75, 3.05) is 0 Å². The molecule has 0 bridgehead atoms. The molecule has 0 aliphatic carbocycles. The van der Waals surface area contributed by atoms with Gasteiger partial charge in [0, 0.05) is 22.0 Å². The van der Waals surface area contributed by atoms with Crippen molar-refractivity contribution < 1.29 is 19.4 Å². The summed E-state index contributed by atoms with van der Waals surface area (Å²) in [6.07, 6.45) is 0.144. The van der Waals surface area contributed by atoms with Crippen LogP contribution in [-0.2, 0) is 16.0 Å². The van der Waals surface area contributed by atoms with E-state index >= 15 is 0 Å². The van der Waals surface area contributed by atoms with Crippen molar-refractivity contribution in [2.45, 2.75) is 51.7 Å². The van der Waals surface area contributed by atoms with Crippen LogP contribution in [-0.4, -0.2) is 28.8 Å². The quantitative estimate of drug-likeness (QED) is 0.734. The lowest BCUT2D eigenvalue weighted by Crippen LogP contribution is -2.40. The zero-order valence-electron chi connectivity index (χ0n) is 13.4. The van der Waals surface area contributed by atoms with Crippen molar-refractivity contribution >= 4 is 39.6 Å². The molecule has 1 aromatic rings. The molecule has 0 aromatic heterocycles. The number of carboxylic acids is 1. The van der Waals surface area contributed by atoms with Crippen molar-refractivity contribution in [1.82, 2.24) is 5.32 Å². The predicted octanol–water partition coefficient (Wildman–Crippen LogP) is 4.40. The third kappa shape index (κ3) is 8.23. The van der Waals surface area contributed by atoms with E-state index in [1.165, 1.54) is 0 Å². The van der Waals surface area contributed by atoms with Gasteiger partial charge in [0.05, 0.1) is 0 Å². The molecule has 0 aliphatic rings. The number of nitrogens with one attached hydrogen (secondary N) is 1. The summed E-state index contributed by atoms with van der Waals surface area (Å²) in [5.74, 6) is -0.911. The average molecular weight is 407 g/mol. The number of hydrogen-bond donors (Lipinski definition) is 2. The number of carboxylic acid groups (broad SMARTS) is 1. The number of benzene rings is 1. The molecule has 1 aromatic carbocycles. The van der Waals surface area contributed by atoms with Gasteiger partial charge in [0.1, 0.15) is 5.60 Å². The molecule has 1 unspecified atom stereocenters. The number of hydrogen-bond acceptors (Lipinski definition) is 3. The Morgan fingerprint density at radius 3 is 2.61 bits per heavy atom. The second-order valence-electron chi connectivity index (χ2n) is 6.22. The van der Waals surface area contributed by atoms with Crippen LogP contribution in [0.4, 0.5) is 4.79 Å². The second kappa shape index (κ2) is 8.55. The third-order valence-corrected chi connectivity index (χ3v) is 3.91. The van der Waals surface area contributed by atoms with E-state index in [1.54, 1.807) is 32.9 Å². The molecule has 2 N–H and O–H groups in total. The minimum absolute atomic E-state index is 0.0430. The van der Waals surface area contributed by atoms with Gasteiger partial charge in [-0.3, -0.25) is 4.79 Å². The molecule has 0 radical (unpaired) electrons. The molecule has 128 valence electrons. The monoisotopic (exact) mass is 405 g/mol. The molecule has 7 heteroatoms. The maximum absolute atomic E-state index is 11.9. The van der Waals surface area contributed by atoms with Gasteiger partial charge < -0.3 is 15.2 Å². The van der Waals surface area contributed by atoms with Crippen LogP contribution in [0.3, 0.4) is 0 Å². The molecule has 1 rings (SSSR count). The van der Waals surface area contributed by atoms with Crippen LogP contribution in [0.25, 0.3) is 0 Å². The number of carbonyl (C=O) groups is 2. The summed E-state index contributed by atoms with van der Waals surface area (Å²) in [5, 5.41) is 12.2. The van der Waals surface area contributed by atoms with Crippen molar-refractivity contribution in [3.63, 3.8) is 0 Å². The van der Waals surface area contributed by atoms with Crippen molar-refractivity contribution in [3.8, 4) is 0 Å². The number of alkyl carbamates (subject to hydrolysis) is 1. The highest BCUT2D eigenvalue weighted by Gasteiger charge is 2.21. The highest BCUT2D eigenvalue weighted by atomic mass is 79.9. The molecule has 0 fully saturated rings. The normalized spacial score (nSPS) is 12.6. The van der Waals surface area contributed by atoms with Gasteiger partial charge in [0.2, 0.25) is 0 Å². The number of rotatable bonds is 6. The summed E-state index contributed by atoms with van der Waals surface area (Å²) < 4.78 is 6.09. The van der Waals surface area contributed by atoms with Gasteiger partial charge in [-0.2, -0.15) is 0 Å². The van der Waals surface area contributed by atoms with E-state index < -0.39 is 17.7 Å². The lowest BCUT2D eigenvalue weighted by molar-refractivity contribution is -0.137. The summed E-state index contributed by atoms with van der Waals surface area (Å²) in [5.41, 5.74) is 0.280. The zero-order chi connectivity index (χ0) is 17.6. The third-order valence-electron chi connectivity index (χ3n) is 2.90. The van der Waals surface area contributed by atoms with Gasteiger partial charge in [-0.1, -0.05) is 27.5 Å². The van der Waals surface area contributed by atoms with Gasteiger partial charge in [-0.15, -0.1) is 0 Å². The molecule has 23 heavy (non-hydrogen) atoms. The molecule has 0 saturated carbocycles. The largest absolute Gasteiger partial charge is 0.481 e. The number of amides is 1. The Bertz CT molecular complexity index is 572. The number of aliphatic carboxylic acids is 1. The first-order valence-electron chi connectivity index (χ1n) is 7.22. The Hall–Kier alpha value is -1.27. The van der Waals surface area contributed by atoms with Crippen LogP contribution in [0.1, 0.15) is 39.2 Å². The standard InChI is InChI=1S/C16H21BrClNO4/c1-16(2,3)23-15(22)19-12(5-7-14(20)21)9-10-8-11(18)4-6-13(10)17/h4,6,8,12H,5,7,9H2,1-3H3,(H,19,22)(H,20,21). The summed E-state index contributed by atoms with van der Waals surface area (Å²) in [6.45, 7) is 5.31. The van der Waals surface area contributed by atoms with E-state index in [0.717, 1.165) is 10.0 Å². The molecule has 1 amide bonds. The number of halogens is 2. The molecule has 1 atom stereocenters. The number of ether oxygens (including phenoxy) is 1. The maximum Gasteiger partial charge on any atom is 0.407 e. The van der Waals surface area contributed by atoms with Crippen LogP contribution >= 0.6 is 27.5 Å². The first-order chi connectivity index (χ1) is 10.6. The molecule has 0 heterocycles. The predicted molar refractivity (Wildman–Crippen MR) is 92.9 cm³/mol. The van der Waals surface area contributed by atoms with Crippen molar-refractivity contribution in [1.29, 1.82) is 0 Å². The van der Waals surface area contributed by atoms with E-state index in [2.05, 4.69) is 21.2 Å². The zero-order valence-corrected chi connectivity index (χ0v) is 15.7. The highest BCUT2D eigenvalue weighted by molar-refractivity contribution is 9.10. The summed E-state index contributed by atoms with van der Waals surface area (Å²) in [7, 11) is 0. The molecule has 0 aliphatic heterocycles. The Morgan fingerprint density at radius 1 is 1.39 bits per heavy atom. The lowest BCUT2D eigenvalue weighted by atomic mass is 10.0. The van der Waals surface area contributed by atoms with Crippen LogP contribution < -0.4 is 5.32 Å². The molecular formula is C16H21BrClNO4. The Balaban J connectivity index is 2.81. The average Bonchev–Trinajstić information content (AvgIpc) is 2.38. The highest BCUT2D eigenvalue weighted by Crippen LogP contribution is 2.23. The second-order valence-corrected chi connectivity index (χ2v) is 7.51. The van der Waals surface area contributed by atoms with Crippen LogP contribution in [0.2, 0.25) is 5.02 Å².